The molecule has 10 heteroatoms. The predicted molar refractivity (Wildman–Crippen MR) is 145 cm³/mol. The van der Waals surface area contributed by atoms with Gasteiger partial charge in [0, 0.05) is 31.7 Å². The van der Waals surface area contributed by atoms with Gasteiger partial charge in [-0.25, -0.2) is 4.39 Å². The van der Waals surface area contributed by atoms with Gasteiger partial charge in [-0.3, -0.25) is 4.79 Å². The average molecular weight is 522 g/mol. The number of benzene rings is 1. The van der Waals surface area contributed by atoms with Gasteiger partial charge in [-0.1, -0.05) is 18.7 Å². The highest BCUT2D eigenvalue weighted by atomic mass is 19.1. The number of carbonyl (C=O) groups excluding carboxylic acids is 1. The summed E-state index contributed by atoms with van der Waals surface area (Å²) in [6.07, 6.45) is 4.99. The Hall–Kier alpha value is -3.71. The number of aromatic nitrogens is 2. The molecule has 2 saturated heterocycles. The van der Waals surface area contributed by atoms with Gasteiger partial charge in [0.15, 0.2) is 0 Å². The summed E-state index contributed by atoms with van der Waals surface area (Å²) in [5.41, 5.74) is 2.34. The van der Waals surface area contributed by atoms with E-state index in [1.807, 2.05) is 11.0 Å². The van der Waals surface area contributed by atoms with Crippen LogP contribution in [-0.4, -0.2) is 85.1 Å². The van der Waals surface area contributed by atoms with Gasteiger partial charge in [-0.15, -0.1) is 0 Å². The molecular weight excluding hydrogens is 485 g/mol. The molecule has 202 valence electrons. The number of carbonyl (C=O) groups is 1. The molecule has 38 heavy (non-hydrogen) atoms. The molecular formula is C28H36FN7O2. The quantitative estimate of drug-likeness (QED) is 0.555. The van der Waals surface area contributed by atoms with E-state index in [1.165, 1.54) is 45.2 Å². The highest BCUT2D eigenvalue weighted by Crippen LogP contribution is 2.32. The Balaban J connectivity index is 0.000000494. The number of nitrogens with zero attached hydrogens (tertiary/aromatic N) is 7. The summed E-state index contributed by atoms with van der Waals surface area (Å²) in [4.78, 5) is 29.5. The topological polar surface area (TPSA) is 88.8 Å². The van der Waals surface area contributed by atoms with Crippen molar-refractivity contribution in [1.82, 2.24) is 19.8 Å². The highest BCUT2D eigenvalue weighted by molar-refractivity contribution is 5.87. The summed E-state index contributed by atoms with van der Waals surface area (Å²) in [5.74, 6) is 0.320. The van der Waals surface area contributed by atoms with Crippen LogP contribution in [-0.2, 0) is 17.8 Å². The van der Waals surface area contributed by atoms with Gasteiger partial charge in [0.05, 0.1) is 43.6 Å². The van der Waals surface area contributed by atoms with Gasteiger partial charge in [0.2, 0.25) is 5.91 Å². The van der Waals surface area contributed by atoms with Crippen LogP contribution in [0.4, 0.5) is 15.9 Å². The minimum Gasteiger partial charge on any atom is -0.467 e. The summed E-state index contributed by atoms with van der Waals surface area (Å²) in [5, 5.41) is 9.27. The zero-order chi connectivity index (χ0) is 27.1. The number of fused-ring (bicyclic) bond motifs is 1. The Kier molecular flexibility index (Phi) is 9.13. The largest absolute Gasteiger partial charge is 0.467 e. The normalized spacial score (nSPS) is 19.2. The van der Waals surface area contributed by atoms with Crippen LogP contribution in [0.5, 0.6) is 6.01 Å². The maximum absolute atomic E-state index is 14.3. The molecule has 3 aliphatic rings. The number of rotatable bonds is 5. The van der Waals surface area contributed by atoms with E-state index in [9.17, 15) is 14.4 Å². The van der Waals surface area contributed by atoms with Gasteiger partial charge in [0.1, 0.15) is 11.6 Å². The molecule has 2 aromatic rings. The molecule has 1 aromatic heterocycles. The van der Waals surface area contributed by atoms with Gasteiger partial charge >= 0.3 is 6.01 Å². The Labute approximate surface area is 224 Å². The summed E-state index contributed by atoms with van der Waals surface area (Å²) < 4.78 is 19.7. The van der Waals surface area contributed by atoms with E-state index < -0.39 is 0 Å². The summed E-state index contributed by atoms with van der Waals surface area (Å²) >= 11 is 0. The molecule has 1 unspecified atom stereocenters. The van der Waals surface area contributed by atoms with E-state index >= 15 is 0 Å². The zero-order valence-electron chi connectivity index (χ0n) is 22.3. The molecule has 0 saturated carbocycles. The van der Waals surface area contributed by atoms with Gasteiger partial charge in [-0.05, 0) is 57.6 Å². The molecule has 1 amide bonds. The first-order valence-corrected chi connectivity index (χ1v) is 13.1. The van der Waals surface area contributed by atoms with E-state index in [2.05, 4.69) is 39.5 Å². The third-order valence-electron chi connectivity index (χ3n) is 7.30. The number of piperazine rings is 1. The number of likely N-dealkylation sites (tertiary alicyclic amines) is 1. The number of ether oxygens (including phenoxy) is 1. The Morgan fingerprint density at radius 1 is 1.18 bits per heavy atom. The smallest absolute Gasteiger partial charge is 0.318 e. The average Bonchev–Trinajstić information content (AvgIpc) is 3.43. The molecule has 1 aromatic carbocycles. The first kappa shape index (κ1) is 27.3. The van der Waals surface area contributed by atoms with Gasteiger partial charge < -0.3 is 24.3 Å². The van der Waals surface area contributed by atoms with Crippen LogP contribution in [0.15, 0.2) is 36.9 Å². The lowest BCUT2D eigenvalue weighted by molar-refractivity contribution is -0.128. The number of amides is 1. The second kappa shape index (κ2) is 12.7. The van der Waals surface area contributed by atoms with Crippen LogP contribution in [0.1, 0.15) is 30.5 Å². The van der Waals surface area contributed by atoms with Crippen LogP contribution in [0.3, 0.4) is 0 Å². The molecule has 0 N–H and O–H groups in total. The maximum Gasteiger partial charge on any atom is 0.318 e. The molecule has 0 aliphatic carbocycles. The second-order valence-corrected chi connectivity index (χ2v) is 9.79. The molecule has 4 heterocycles. The highest BCUT2D eigenvalue weighted by Gasteiger charge is 2.33. The lowest BCUT2D eigenvalue weighted by atomic mass is 10.0. The number of hydrogen-bond donors (Lipinski definition) is 0. The van der Waals surface area contributed by atoms with Crippen molar-refractivity contribution in [2.24, 2.45) is 0 Å². The fraction of sp³-hybridized carbons (Fsp3) is 0.500. The Morgan fingerprint density at radius 2 is 1.95 bits per heavy atom. The molecule has 2 fully saturated rings. The predicted octanol–water partition coefficient (Wildman–Crippen LogP) is 3.02. The molecule has 0 spiro atoms. The van der Waals surface area contributed by atoms with Crippen molar-refractivity contribution < 1.29 is 13.9 Å². The standard InChI is InChI=1S/C23H25FN6O2.C5H11N/c1-3-21(31)30-13-12-29(14-16(30)8-10-25)22-17-9-11-28(20-7-5-4-6-18(20)24)15-19(17)26-23(27-22)32-2;1-6-4-2-3-5-6/h3-7,16H,1,8-9,11-15H2,2H3;2-5H2,1H3. The number of hydrogen-bond acceptors (Lipinski definition) is 8. The Bertz CT molecular complexity index is 1180. The third-order valence-corrected chi connectivity index (χ3v) is 7.30. The van der Waals surface area contributed by atoms with E-state index in [1.54, 1.807) is 17.0 Å². The van der Waals surface area contributed by atoms with Crippen molar-refractivity contribution in [3.8, 4) is 12.1 Å². The Morgan fingerprint density at radius 3 is 2.58 bits per heavy atom. The van der Waals surface area contributed by atoms with E-state index in [-0.39, 0.29) is 30.2 Å². The van der Waals surface area contributed by atoms with Crippen LogP contribution >= 0.6 is 0 Å². The maximum atomic E-state index is 14.3. The molecule has 3 aliphatic heterocycles. The first-order chi connectivity index (χ1) is 18.4. The summed E-state index contributed by atoms with van der Waals surface area (Å²) in [6, 6.07) is 8.88. The second-order valence-electron chi connectivity index (χ2n) is 9.79. The fourth-order valence-electron chi connectivity index (χ4n) is 5.27. The third kappa shape index (κ3) is 6.22. The monoisotopic (exact) mass is 521 g/mol. The number of anilines is 2. The van der Waals surface area contributed by atoms with Crippen LogP contribution in [0, 0.1) is 17.1 Å². The van der Waals surface area contributed by atoms with Gasteiger partial charge in [0.25, 0.3) is 0 Å². The van der Waals surface area contributed by atoms with E-state index in [0.29, 0.717) is 44.8 Å². The van der Waals surface area contributed by atoms with E-state index in [4.69, 9.17) is 4.74 Å². The van der Waals surface area contributed by atoms with Crippen LogP contribution < -0.4 is 14.5 Å². The minimum absolute atomic E-state index is 0.173. The molecule has 0 bridgehead atoms. The lowest BCUT2D eigenvalue weighted by Gasteiger charge is -2.42. The SMILES string of the molecule is C=CC(=O)N1CCN(c2nc(OC)nc3c2CCN(c2ccccc2F)C3)CC1CC#N.CN1CCCC1. The summed E-state index contributed by atoms with van der Waals surface area (Å²) in [6.45, 7) is 8.81. The van der Waals surface area contributed by atoms with Crippen molar-refractivity contribution in [2.45, 2.75) is 38.3 Å². The van der Waals surface area contributed by atoms with Gasteiger partial charge in [-0.2, -0.15) is 15.2 Å². The number of nitriles is 1. The molecule has 0 radical (unpaired) electrons. The van der Waals surface area contributed by atoms with E-state index in [0.717, 1.165) is 17.1 Å². The number of para-hydroxylation sites is 1. The number of methoxy groups -OCH3 is 1. The van der Waals surface area contributed by atoms with Crippen molar-refractivity contribution in [1.29, 1.82) is 5.26 Å². The van der Waals surface area contributed by atoms with Crippen molar-refractivity contribution in [3.63, 3.8) is 0 Å². The fourth-order valence-corrected chi connectivity index (χ4v) is 5.27. The molecule has 9 nitrogen and oxygen atoms in total. The summed E-state index contributed by atoms with van der Waals surface area (Å²) in [7, 11) is 3.69. The van der Waals surface area contributed by atoms with Crippen molar-refractivity contribution >= 4 is 17.4 Å². The van der Waals surface area contributed by atoms with Crippen molar-refractivity contribution in [3.05, 3.63) is 54.0 Å². The zero-order valence-corrected chi connectivity index (χ0v) is 22.3. The first-order valence-electron chi connectivity index (χ1n) is 13.1. The number of halogens is 1. The van der Waals surface area contributed by atoms with Crippen LogP contribution in [0.25, 0.3) is 0 Å². The molecule has 1 atom stereocenters. The van der Waals surface area contributed by atoms with Crippen LogP contribution in [0.2, 0.25) is 0 Å². The minimum atomic E-state index is -0.264. The lowest BCUT2D eigenvalue weighted by Crippen LogP contribution is -2.55. The van der Waals surface area contributed by atoms with Crippen molar-refractivity contribution in [2.75, 3.05) is 63.2 Å². The molecule has 5 rings (SSSR count).